The average molecular weight is 303 g/mol. The highest BCUT2D eigenvalue weighted by molar-refractivity contribution is 6.28. The van der Waals surface area contributed by atoms with Crippen LogP contribution >= 0.6 is 11.6 Å². The number of halogens is 1. The molecule has 7 heteroatoms. The number of carbonyl (C=O) groups excluding carboxylic acids is 1. The second kappa shape index (κ2) is 6.68. The molecule has 0 amide bonds. The van der Waals surface area contributed by atoms with Crippen LogP contribution in [-0.4, -0.2) is 22.5 Å². The zero-order valence-corrected chi connectivity index (χ0v) is 11.9. The number of carbonyl (C=O) groups is 1. The summed E-state index contributed by atoms with van der Waals surface area (Å²) >= 11 is 5.71. The van der Waals surface area contributed by atoms with Crippen LogP contribution in [0.15, 0.2) is 30.5 Å². The molecular weight excluding hydrogens is 292 g/mol. The van der Waals surface area contributed by atoms with Crippen molar-refractivity contribution in [2.75, 3.05) is 11.9 Å². The molecule has 0 unspecified atom stereocenters. The lowest BCUT2D eigenvalue weighted by Crippen LogP contribution is -2.04. The van der Waals surface area contributed by atoms with Gasteiger partial charge in [-0.2, -0.15) is 10.2 Å². The number of hydrogen-bond acceptors (Lipinski definition) is 6. The van der Waals surface area contributed by atoms with Gasteiger partial charge in [0.2, 0.25) is 5.28 Å². The van der Waals surface area contributed by atoms with E-state index in [1.165, 1.54) is 6.20 Å². The van der Waals surface area contributed by atoms with Crippen molar-refractivity contribution in [3.05, 3.63) is 46.9 Å². The summed E-state index contributed by atoms with van der Waals surface area (Å²) in [5.74, 6) is -0.0757. The van der Waals surface area contributed by atoms with Gasteiger partial charge >= 0.3 is 5.97 Å². The third-order valence-corrected chi connectivity index (χ3v) is 2.72. The Morgan fingerprint density at radius 3 is 2.76 bits per heavy atom. The summed E-state index contributed by atoms with van der Waals surface area (Å²) in [6.45, 7) is 2.07. The fraction of sp³-hybridized carbons (Fsp3) is 0.143. The minimum absolute atomic E-state index is 0.0413. The Kier molecular flexibility index (Phi) is 4.69. The van der Waals surface area contributed by atoms with Crippen LogP contribution in [0.25, 0.3) is 0 Å². The Balaban J connectivity index is 2.19. The summed E-state index contributed by atoms with van der Waals surface area (Å²) in [4.78, 5) is 19.2. The minimum Gasteiger partial charge on any atom is -0.462 e. The van der Waals surface area contributed by atoms with Gasteiger partial charge in [-0.1, -0.05) is 0 Å². The molecule has 0 bridgehead atoms. The number of rotatable bonds is 4. The Bertz CT molecular complexity index is 695. The van der Waals surface area contributed by atoms with Crippen LogP contribution in [0.5, 0.6) is 0 Å². The van der Waals surface area contributed by atoms with Crippen molar-refractivity contribution < 1.29 is 9.53 Å². The smallest absolute Gasteiger partial charge is 0.338 e. The molecule has 6 nitrogen and oxygen atoms in total. The van der Waals surface area contributed by atoms with E-state index in [0.717, 1.165) is 0 Å². The van der Waals surface area contributed by atoms with Crippen LogP contribution in [0.4, 0.5) is 11.5 Å². The molecule has 0 radical (unpaired) electrons. The molecule has 0 fully saturated rings. The Morgan fingerprint density at radius 1 is 1.43 bits per heavy atom. The normalized spacial score (nSPS) is 9.76. The monoisotopic (exact) mass is 302 g/mol. The van der Waals surface area contributed by atoms with E-state index < -0.39 is 0 Å². The molecule has 1 N–H and O–H groups in total. The highest BCUT2D eigenvalue weighted by atomic mass is 35.5. The van der Waals surface area contributed by atoms with Crippen LogP contribution in [0, 0.1) is 11.3 Å². The van der Waals surface area contributed by atoms with Crippen molar-refractivity contribution in [3.8, 4) is 6.07 Å². The largest absolute Gasteiger partial charge is 0.462 e. The zero-order valence-electron chi connectivity index (χ0n) is 11.1. The molecule has 1 aromatic heterocycles. The predicted molar refractivity (Wildman–Crippen MR) is 77.4 cm³/mol. The first-order valence-electron chi connectivity index (χ1n) is 6.11. The van der Waals surface area contributed by atoms with E-state index in [2.05, 4.69) is 15.3 Å². The number of anilines is 2. The first-order valence-corrected chi connectivity index (χ1v) is 6.48. The van der Waals surface area contributed by atoms with Crippen molar-refractivity contribution in [3.63, 3.8) is 0 Å². The minimum atomic E-state index is -0.383. The van der Waals surface area contributed by atoms with Crippen LogP contribution < -0.4 is 5.32 Å². The number of nitrogens with one attached hydrogen (secondary N) is 1. The van der Waals surface area contributed by atoms with Gasteiger partial charge in [0.15, 0.2) is 5.82 Å². The first-order chi connectivity index (χ1) is 10.1. The quantitative estimate of drug-likeness (QED) is 0.690. The predicted octanol–water partition coefficient (Wildman–Crippen LogP) is 2.92. The molecule has 1 aromatic carbocycles. The van der Waals surface area contributed by atoms with Gasteiger partial charge in [-0.15, -0.1) is 0 Å². The van der Waals surface area contributed by atoms with Crippen molar-refractivity contribution in [2.45, 2.75) is 6.92 Å². The molecule has 0 spiro atoms. The van der Waals surface area contributed by atoms with Crippen LogP contribution in [0.1, 0.15) is 22.8 Å². The third-order valence-electron chi connectivity index (χ3n) is 2.54. The van der Waals surface area contributed by atoms with Crippen LogP contribution in [-0.2, 0) is 4.74 Å². The average Bonchev–Trinajstić information content (AvgIpc) is 2.48. The number of nitriles is 1. The molecule has 0 aliphatic rings. The number of aromatic nitrogens is 2. The molecule has 0 aliphatic carbocycles. The summed E-state index contributed by atoms with van der Waals surface area (Å²) in [7, 11) is 0. The van der Waals surface area contributed by atoms with Gasteiger partial charge in [0, 0.05) is 5.69 Å². The molecule has 0 aliphatic heterocycles. The number of nitrogens with zero attached hydrogens (tertiary/aromatic N) is 3. The SMILES string of the molecule is CCOC(=O)c1ccc(Nc2nc(Cl)ncc2C#N)cc1. The molecule has 1 heterocycles. The van der Waals surface area contributed by atoms with Crippen molar-refractivity contribution in [1.82, 2.24) is 9.97 Å². The number of hydrogen-bond donors (Lipinski definition) is 1. The van der Waals surface area contributed by atoms with Gasteiger partial charge in [0.25, 0.3) is 0 Å². The Labute approximate surface area is 126 Å². The van der Waals surface area contributed by atoms with E-state index in [0.29, 0.717) is 23.7 Å². The molecule has 0 atom stereocenters. The molecular formula is C14H11ClN4O2. The maximum atomic E-state index is 11.5. The highest BCUT2D eigenvalue weighted by Gasteiger charge is 2.08. The van der Waals surface area contributed by atoms with E-state index in [9.17, 15) is 4.79 Å². The van der Waals surface area contributed by atoms with E-state index in [4.69, 9.17) is 21.6 Å². The summed E-state index contributed by atoms with van der Waals surface area (Å²) in [6, 6.07) is 8.58. The summed E-state index contributed by atoms with van der Waals surface area (Å²) in [5.41, 5.74) is 1.38. The lowest BCUT2D eigenvalue weighted by molar-refractivity contribution is 0.0526. The van der Waals surface area contributed by atoms with Crippen LogP contribution in [0.2, 0.25) is 5.28 Å². The van der Waals surface area contributed by atoms with E-state index in [1.54, 1.807) is 31.2 Å². The second-order valence-electron chi connectivity index (χ2n) is 3.94. The van der Waals surface area contributed by atoms with Gasteiger partial charge in [0.1, 0.15) is 11.6 Å². The fourth-order valence-electron chi connectivity index (χ4n) is 1.58. The Morgan fingerprint density at radius 2 is 2.14 bits per heavy atom. The van der Waals surface area contributed by atoms with Crippen molar-refractivity contribution >= 4 is 29.1 Å². The molecule has 0 saturated carbocycles. The maximum absolute atomic E-state index is 11.5. The summed E-state index contributed by atoms with van der Waals surface area (Å²) < 4.78 is 4.90. The van der Waals surface area contributed by atoms with E-state index >= 15 is 0 Å². The van der Waals surface area contributed by atoms with E-state index in [1.807, 2.05) is 6.07 Å². The number of ether oxygens (including phenoxy) is 1. The van der Waals surface area contributed by atoms with Gasteiger partial charge in [-0.05, 0) is 42.8 Å². The lowest BCUT2D eigenvalue weighted by atomic mass is 10.2. The van der Waals surface area contributed by atoms with Crippen molar-refractivity contribution in [2.24, 2.45) is 0 Å². The van der Waals surface area contributed by atoms with Gasteiger partial charge < -0.3 is 10.1 Å². The Hall–Kier alpha value is -2.65. The van der Waals surface area contributed by atoms with E-state index in [-0.39, 0.29) is 16.8 Å². The molecule has 106 valence electrons. The molecule has 21 heavy (non-hydrogen) atoms. The number of benzene rings is 1. The second-order valence-corrected chi connectivity index (χ2v) is 4.27. The topological polar surface area (TPSA) is 87.9 Å². The highest BCUT2D eigenvalue weighted by Crippen LogP contribution is 2.19. The third kappa shape index (κ3) is 3.68. The zero-order chi connectivity index (χ0) is 15.2. The number of esters is 1. The van der Waals surface area contributed by atoms with Gasteiger partial charge in [-0.3, -0.25) is 0 Å². The van der Waals surface area contributed by atoms with Crippen molar-refractivity contribution in [1.29, 1.82) is 5.26 Å². The summed E-state index contributed by atoms with van der Waals surface area (Å²) in [5, 5.41) is 12.0. The van der Waals surface area contributed by atoms with Gasteiger partial charge in [-0.25, -0.2) is 9.78 Å². The van der Waals surface area contributed by atoms with Gasteiger partial charge in [0.05, 0.1) is 18.4 Å². The first kappa shape index (κ1) is 14.8. The molecule has 2 aromatic rings. The summed E-state index contributed by atoms with van der Waals surface area (Å²) in [6.07, 6.45) is 1.34. The maximum Gasteiger partial charge on any atom is 0.338 e. The standard InChI is InChI=1S/C14H11ClN4O2/c1-2-21-13(20)9-3-5-11(6-4-9)18-12-10(7-16)8-17-14(15)19-12/h3-6,8H,2H2,1H3,(H,17,18,19). The van der Waals surface area contributed by atoms with Crippen LogP contribution in [0.3, 0.4) is 0 Å². The lowest BCUT2D eigenvalue weighted by Gasteiger charge is -2.08. The fourth-order valence-corrected chi connectivity index (χ4v) is 1.71. The molecule has 2 rings (SSSR count). The molecule has 0 saturated heterocycles.